The Morgan fingerprint density at radius 2 is 2.75 bits per heavy atom. The standard InChI is InChI=1S/C4H5BrClNO/c5-4-1-3(2-6)8-7-4/h3H,1-2H2/t3-/m0/s1. The third-order valence-electron chi connectivity index (χ3n) is 0.869. The highest BCUT2D eigenvalue weighted by molar-refractivity contribution is 9.18. The van der Waals surface area contributed by atoms with E-state index in [0.29, 0.717) is 5.88 Å². The molecule has 0 N–H and O–H groups in total. The predicted molar refractivity (Wildman–Crippen MR) is 36.6 cm³/mol. The van der Waals surface area contributed by atoms with Gasteiger partial charge in [-0.1, -0.05) is 5.16 Å². The molecule has 0 amide bonds. The summed E-state index contributed by atoms with van der Waals surface area (Å²) in [5.41, 5.74) is 0. The summed E-state index contributed by atoms with van der Waals surface area (Å²) in [6.07, 6.45) is 0.898. The van der Waals surface area contributed by atoms with Crippen LogP contribution in [0.5, 0.6) is 0 Å². The fourth-order valence-corrected chi connectivity index (χ4v) is 1.09. The van der Waals surface area contributed by atoms with Crippen LogP contribution in [0.2, 0.25) is 0 Å². The first-order valence-corrected chi connectivity index (χ1v) is 3.60. The van der Waals surface area contributed by atoms with Crippen LogP contribution < -0.4 is 0 Å². The van der Waals surface area contributed by atoms with Crippen LogP contribution in [0.4, 0.5) is 0 Å². The van der Waals surface area contributed by atoms with Gasteiger partial charge < -0.3 is 4.84 Å². The average molecular weight is 198 g/mol. The summed E-state index contributed by atoms with van der Waals surface area (Å²) in [7, 11) is 0. The Hall–Kier alpha value is 0.240. The Kier molecular flexibility index (Phi) is 2.14. The first-order chi connectivity index (χ1) is 3.83. The van der Waals surface area contributed by atoms with Crippen LogP contribution in [-0.2, 0) is 4.84 Å². The Morgan fingerprint density at radius 3 is 3.00 bits per heavy atom. The van der Waals surface area contributed by atoms with Crippen molar-refractivity contribution in [2.24, 2.45) is 5.16 Å². The number of rotatable bonds is 1. The van der Waals surface area contributed by atoms with E-state index in [1.807, 2.05) is 0 Å². The summed E-state index contributed by atoms with van der Waals surface area (Å²) >= 11 is 8.64. The normalized spacial score (nSPS) is 27.2. The second-order valence-corrected chi connectivity index (χ2v) is 2.78. The van der Waals surface area contributed by atoms with Crippen LogP contribution in [0.25, 0.3) is 0 Å². The quantitative estimate of drug-likeness (QED) is 0.588. The summed E-state index contributed by atoms with van der Waals surface area (Å²) < 4.78 is 0.850. The predicted octanol–water partition coefficient (Wildman–Crippen LogP) is 1.72. The molecule has 4 heteroatoms. The molecule has 0 spiro atoms. The van der Waals surface area contributed by atoms with E-state index in [0.717, 1.165) is 11.0 Å². The van der Waals surface area contributed by atoms with E-state index in [9.17, 15) is 0 Å². The molecule has 0 aliphatic carbocycles. The fraction of sp³-hybridized carbons (Fsp3) is 0.750. The lowest BCUT2D eigenvalue weighted by atomic mass is 10.3. The van der Waals surface area contributed by atoms with Crippen molar-refractivity contribution in [2.45, 2.75) is 12.5 Å². The molecular weight excluding hydrogens is 193 g/mol. The zero-order chi connectivity index (χ0) is 5.98. The second kappa shape index (κ2) is 2.69. The molecule has 1 heterocycles. The zero-order valence-corrected chi connectivity index (χ0v) is 6.44. The zero-order valence-electron chi connectivity index (χ0n) is 4.10. The number of oxime groups is 1. The van der Waals surface area contributed by atoms with Crippen molar-refractivity contribution in [1.82, 2.24) is 0 Å². The van der Waals surface area contributed by atoms with Crippen LogP contribution in [0, 0.1) is 0 Å². The van der Waals surface area contributed by atoms with Gasteiger partial charge in [0.05, 0.1) is 5.88 Å². The maximum absolute atomic E-state index is 5.45. The van der Waals surface area contributed by atoms with Crippen LogP contribution in [-0.4, -0.2) is 16.6 Å². The van der Waals surface area contributed by atoms with Crippen LogP contribution in [0.1, 0.15) is 6.42 Å². The lowest BCUT2D eigenvalue weighted by molar-refractivity contribution is 0.102. The summed E-state index contributed by atoms with van der Waals surface area (Å²) in [5, 5.41) is 3.64. The molecule has 0 radical (unpaired) electrons. The first kappa shape index (κ1) is 6.36. The van der Waals surface area contributed by atoms with E-state index in [1.54, 1.807) is 0 Å². The van der Waals surface area contributed by atoms with Gasteiger partial charge in [0.15, 0.2) is 0 Å². The molecule has 46 valence electrons. The Balaban J connectivity index is 2.32. The lowest BCUT2D eigenvalue weighted by Crippen LogP contribution is -2.06. The van der Waals surface area contributed by atoms with Gasteiger partial charge in [0.25, 0.3) is 0 Å². The summed E-state index contributed by atoms with van der Waals surface area (Å²) in [4.78, 5) is 4.82. The monoisotopic (exact) mass is 197 g/mol. The van der Waals surface area contributed by atoms with Gasteiger partial charge in [-0.3, -0.25) is 0 Å². The highest BCUT2D eigenvalue weighted by Gasteiger charge is 2.16. The smallest absolute Gasteiger partial charge is 0.147 e. The van der Waals surface area contributed by atoms with E-state index in [1.165, 1.54) is 0 Å². The number of halogens is 2. The van der Waals surface area contributed by atoms with E-state index in [-0.39, 0.29) is 6.10 Å². The van der Waals surface area contributed by atoms with Gasteiger partial charge in [-0.05, 0) is 15.9 Å². The van der Waals surface area contributed by atoms with Crippen molar-refractivity contribution in [3.8, 4) is 0 Å². The summed E-state index contributed by atoms with van der Waals surface area (Å²) in [6.45, 7) is 0. The van der Waals surface area contributed by atoms with Crippen molar-refractivity contribution in [3.63, 3.8) is 0 Å². The van der Waals surface area contributed by atoms with Crippen molar-refractivity contribution in [2.75, 3.05) is 5.88 Å². The van der Waals surface area contributed by atoms with Crippen molar-refractivity contribution >= 4 is 32.2 Å². The van der Waals surface area contributed by atoms with Crippen molar-refractivity contribution < 1.29 is 4.84 Å². The molecule has 0 saturated carbocycles. The third-order valence-corrected chi connectivity index (χ3v) is 1.68. The average Bonchev–Trinajstić information content (AvgIpc) is 2.14. The van der Waals surface area contributed by atoms with Crippen molar-refractivity contribution in [3.05, 3.63) is 0 Å². The van der Waals surface area contributed by atoms with Gasteiger partial charge in [0, 0.05) is 6.42 Å². The molecule has 8 heavy (non-hydrogen) atoms. The van der Waals surface area contributed by atoms with E-state index in [2.05, 4.69) is 21.1 Å². The number of hydrogen-bond acceptors (Lipinski definition) is 2. The van der Waals surface area contributed by atoms with Gasteiger partial charge >= 0.3 is 0 Å². The van der Waals surface area contributed by atoms with Crippen molar-refractivity contribution in [1.29, 1.82) is 0 Å². The Bertz CT molecular complexity index is 117. The largest absolute Gasteiger partial charge is 0.390 e. The third kappa shape index (κ3) is 1.36. The molecule has 1 atom stereocenters. The molecule has 0 saturated heterocycles. The number of hydrogen-bond donors (Lipinski definition) is 0. The maximum Gasteiger partial charge on any atom is 0.147 e. The highest BCUT2D eigenvalue weighted by atomic mass is 79.9. The Labute approximate surface area is 61.0 Å². The van der Waals surface area contributed by atoms with Gasteiger partial charge in [-0.2, -0.15) is 0 Å². The fourth-order valence-electron chi connectivity index (χ4n) is 0.477. The molecule has 0 aromatic heterocycles. The van der Waals surface area contributed by atoms with Crippen LogP contribution in [0.15, 0.2) is 5.16 Å². The number of nitrogens with zero attached hydrogens (tertiary/aromatic N) is 1. The maximum atomic E-state index is 5.45. The lowest BCUT2D eigenvalue weighted by Gasteiger charge is -1.98. The Morgan fingerprint density at radius 1 is 2.00 bits per heavy atom. The number of alkyl halides is 1. The minimum absolute atomic E-state index is 0.0889. The molecule has 2 nitrogen and oxygen atoms in total. The topological polar surface area (TPSA) is 21.6 Å². The molecule has 0 fully saturated rings. The molecular formula is C4H5BrClNO. The van der Waals surface area contributed by atoms with Gasteiger partial charge in [-0.25, -0.2) is 0 Å². The molecule has 1 aliphatic heterocycles. The van der Waals surface area contributed by atoms with E-state index < -0.39 is 0 Å². The van der Waals surface area contributed by atoms with E-state index in [4.69, 9.17) is 16.4 Å². The molecule has 1 aliphatic rings. The van der Waals surface area contributed by atoms with Gasteiger partial charge in [-0.15, -0.1) is 11.6 Å². The molecule has 0 aromatic carbocycles. The molecule has 0 unspecified atom stereocenters. The summed E-state index contributed by atoms with van der Waals surface area (Å²) in [6, 6.07) is 0. The van der Waals surface area contributed by atoms with Gasteiger partial charge in [0.2, 0.25) is 0 Å². The van der Waals surface area contributed by atoms with E-state index >= 15 is 0 Å². The molecule has 1 rings (SSSR count). The SMILES string of the molecule is ClC[C@@H]1CC(Br)=NO1. The van der Waals surface area contributed by atoms with Crippen LogP contribution >= 0.6 is 27.5 Å². The molecule has 0 bridgehead atoms. The minimum atomic E-state index is 0.0889. The summed E-state index contributed by atoms with van der Waals surface area (Å²) in [5.74, 6) is 0.513. The minimum Gasteiger partial charge on any atom is -0.390 e. The molecule has 0 aromatic rings. The second-order valence-electron chi connectivity index (χ2n) is 1.55. The first-order valence-electron chi connectivity index (χ1n) is 2.27. The van der Waals surface area contributed by atoms with Crippen LogP contribution in [0.3, 0.4) is 0 Å². The van der Waals surface area contributed by atoms with Gasteiger partial charge in [0.1, 0.15) is 10.7 Å². The highest BCUT2D eigenvalue weighted by Crippen LogP contribution is 2.14.